The lowest BCUT2D eigenvalue weighted by molar-refractivity contribution is 0.0549. The molecule has 2 aromatic carbocycles. The van der Waals surface area contributed by atoms with Crippen molar-refractivity contribution in [3.63, 3.8) is 0 Å². The molecule has 0 saturated carbocycles. The molecule has 0 aliphatic rings. The fourth-order valence-corrected chi connectivity index (χ4v) is 2.27. The molecule has 0 unspecified atom stereocenters. The third-order valence-corrected chi connectivity index (χ3v) is 3.69. The summed E-state index contributed by atoms with van der Waals surface area (Å²) in [5.74, 6) is -1.56. The Bertz CT molecular complexity index is 889. The van der Waals surface area contributed by atoms with E-state index in [4.69, 9.17) is 4.74 Å². The van der Waals surface area contributed by atoms with Crippen molar-refractivity contribution >= 4 is 17.5 Å². The number of carbonyl (C=O) groups excluding carboxylic acids is 3. The summed E-state index contributed by atoms with van der Waals surface area (Å²) in [6.07, 6.45) is 1.75. The topological polar surface area (TPSA) is 80.7 Å². The van der Waals surface area contributed by atoms with Crippen LogP contribution in [0.15, 0.2) is 54.1 Å². The molecule has 134 valence electrons. The molecular formula is C21H20O5. The standard InChI is InChI=1S/C21H20O5/c1-13(2)8-9-26-21(25)17-11-15(14(3)22)10-16(12-17)20(24)18-6-4-5-7-19(18)23/h4-8,10-12,23H,9H2,1-3H3. The molecule has 2 rings (SSSR count). The van der Waals surface area contributed by atoms with Crippen LogP contribution in [0.2, 0.25) is 0 Å². The summed E-state index contributed by atoms with van der Waals surface area (Å²) < 4.78 is 5.15. The zero-order chi connectivity index (χ0) is 19.3. The molecular weight excluding hydrogens is 332 g/mol. The van der Waals surface area contributed by atoms with Gasteiger partial charge in [-0.15, -0.1) is 0 Å². The number of benzene rings is 2. The molecule has 0 heterocycles. The second-order valence-corrected chi connectivity index (χ2v) is 6.08. The second kappa shape index (κ2) is 8.25. The van der Waals surface area contributed by atoms with Gasteiger partial charge in [-0.3, -0.25) is 9.59 Å². The lowest BCUT2D eigenvalue weighted by atomic mass is 9.97. The Kier molecular flexibility index (Phi) is 6.07. The molecule has 0 bridgehead atoms. The molecule has 5 nitrogen and oxygen atoms in total. The number of phenols is 1. The first-order valence-corrected chi connectivity index (χ1v) is 8.09. The molecule has 1 N–H and O–H groups in total. The Morgan fingerprint density at radius 1 is 0.962 bits per heavy atom. The summed E-state index contributed by atoms with van der Waals surface area (Å²) >= 11 is 0. The Balaban J connectivity index is 2.41. The lowest BCUT2D eigenvalue weighted by Crippen LogP contribution is -2.10. The highest BCUT2D eigenvalue weighted by Gasteiger charge is 2.18. The van der Waals surface area contributed by atoms with Crippen LogP contribution in [0.4, 0.5) is 0 Å². The average Bonchev–Trinajstić information content (AvgIpc) is 2.60. The zero-order valence-corrected chi connectivity index (χ0v) is 14.9. The Hall–Kier alpha value is -3.21. The largest absolute Gasteiger partial charge is 0.507 e. The first kappa shape index (κ1) is 19.1. The van der Waals surface area contributed by atoms with Crippen LogP contribution in [-0.2, 0) is 4.74 Å². The second-order valence-electron chi connectivity index (χ2n) is 6.08. The molecule has 0 amide bonds. The first-order chi connectivity index (χ1) is 12.3. The van der Waals surface area contributed by atoms with Gasteiger partial charge in [0.15, 0.2) is 11.6 Å². The quantitative estimate of drug-likeness (QED) is 0.484. The van der Waals surface area contributed by atoms with E-state index in [0.717, 1.165) is 5.57 Å². The van der Waals surface area contributed by atoms with Crippen molar-refractivity contribution in [3.05, 3.63) is 76.4 Å². The van der Waals surface area contributed by atoms with Crippen LogP contribution in [0.1, 0.15) is 57.4 Å². The summed E-state index contributed by atoms with van der Waals surface area (Å²) in [7, 11) is 0. The van der Waals surface area contributed by atoms with Gasteiger partial charge in [0.25, 0.3) is 0 Å². The minimum Gasteiger partial charge on any atom is -0.507 e. The highest BCUT2D eigenvalue weighted by atomic mass is 16.5. The van der Waals surface area contributed by atoms with Crippen LogP contribution in [0.3, 0.4) is 0 Å². The summed E-state index contributed by atoms with van der Waals surface area (Å²) in [5.41, 5.74) is 1.56. The summed E-state index contributed by atoms with van der Waals surface area (Å²) in [6, 6.07) is 10.3. The Morgan fingerprint density at radius 3 is 2.19 bits per heavy atom. The molecule has 0 aliphatic heterocycles. The van der Waals surface area contributed by atoms with Crippen LogP contribution in [0.5, 0.6) is 5.75 Å². The van der Waals surface area contributed by atoms with Gasteiger partial charge < -0.3 is 9.84 Å². The third-order valence-electron chi connectivity index (χ3n) is 3.69. The van der Waals surface area contributed by atoms with Crippen LogP contribution < -0.4 is 0 Å². The smallest absolute Gasteiger partial charge is 0.338 e. The number of esters is 1. The van der Waals surface area contributed by atoms with Crippen molar-refractivity contribution in [1.29, 1.82) is 0 Å². The first-order valence-electron chi connectivity index (χ1n) is 8.09. The Labute approximate surface area is 151 Å². The summed E-state index contributed by atoms with van der Waals surface area (Å²) in [5, 5.41) is 9.88. The van der Waals surface area contributed by atoms with Crippen molar-refractivity contribution in [1.82, 2.24) is 0 Å². The van der Waals surface area contributed by atoms with E-state index in [-0.39, 0.29) is 40.4 Å². The number of ether oxygens (including phenoxy) is 1. The molecule has 0 fully saturated rings. The SMILES string of the molecule is CC(=O)c1cc(C(=O)OCC=C(C)C)cc(C(=O)c2ccccc2O)c1. The molecule has 0 spiro atoms. The minimum atomic E-state index is -0.628. The van der Waals surface area contributed by atoms with Crippen LogP contribution in [0.25, 0.3) is 0 Å². The van der Waals surface area contributed by atoms with Gasteiger partial charge >= 0.3 is 5.97 Å². The monoisotopic (exact) mass is 352 g/mol. The van der Waals surface area contributed by atoms with Crippen LogP contribution in [0, 0.1) is 0 Å². The van der Waals surface area contributed by atoms with Gasteiger partial charge in [-0.05, 0) is 57.2 Å². The van der Waals surface area contributed by atoms with Crippen molar-refractivity contribution < 1.29 is 24.2 Å². The number of hydrogen-bond acceptors (Lipinski definition) is 5. The number of hydrogen-bond donors (Lipinski definition) is 1. The van der Waals surface area contributed by atoms with Crippen molar-refractivity contribution in [2.75, 3.05) is 6.61 Å². The van der Waals surface area contributed by atoms with Gasteiger partial charge in [-0.2, -0.15) is 0 Å². The summed E-state index contributed by atoms with van der Waals surface area (Å²) in [6.45, 7) is 5.22. The fourth-order valence-electron chi connectivity index (χ4n) is 2.27. The maximum absolute atomic E-state index is 12.7. The van der Waals surface area contributed by atoms with Crippen LogP contribution >= 0.6 is 0 Å². The van der Waals surface area contributed by atoms with Gasteiger partial charge in [-0.25, -0.2) is 4.79 Å². The van der Waals surface area contributed by atoms with Crippen LogP contribution in [-0.4, -0.2) is 29.2 Å². The van der Waals surface area contributed by atoms with E-state index in [1.807, 2.05) is 13.8 Å². The molecule has 0 aromatic heterocycles. The number of ketones is 2. The van der Waals surface area contributed by atoms with Crippen molar-refractivity contribution in [3.8, 4) is 5.75 Å². The number of allylic oxidation sites excluding steroid dienone is 1. The highest BCUT2D eigenvalue weighted by Crippen LogP contribution is 2.22. The fraction of sp³-hybridized carbons (Fsp3) is 0.190. The van der Waals surface area contributed by atoms with E-state index in [9.17, 15) is 19.5 Å². The van der Waals surface area contributed by atoms with Gasteiger partial charge in [0.2, 0.25) is 0 Å². The normalized spacial score (nSPS) is 10.1. The van der Waals surface area contributed by atoms with Gasteiger partial charge in [-0.1, -0.05) is 17.7 Å². The number of aromatic hydroxyl groups is 1. The third kappa shape index (κ3) is 4.66. The van der Waals surface area contributed by atoms with Crippen molar-refractivity contribution in [2.45, 2.75) is 20.8 Å². The van der Waals surface area contributed by atoms with Gasteiger partial charge in [0, 0.05) is 11.1 Å². The number of para-hydroxylation sites is 1. The molecule has 26 heavy (non-hydrogen) atoms. The van der Waals surface area contributed by atoms with E-state index in [1.54, 1.807) is 18.2 Å². The summed E-state index contributed by atoms with van der Waals surface area (Å²) in [4.78, 5) is 36.7. The average molecular weight is 352 g/mol. The predicted octanol–water partition coefficient (Wildman–Crippen LogP) is 3.95. The number of Topliss-reactive ketones (excluding diaryl/α,β-unsaturated/α-hetero) is 1. The predicted molar refractivity (Wildman–Crippen MR) is 97.7 cm³/mol. The molecule has 0 atom stereocenters. The number of carbonyl (C=O) groups is 3. The molecule has 5 heteroatoms. The maximum atomic E-state index is 12.7. The van der Waals surface area contributed by atoms with E-state index < -0.39 is 11.8 Å². The van der Waals surface area contributed by atoms with E-state index in [1.165, 1.54) is 37.3 Å². The van der Waals surface area contributed by atoms with E-state index >= 15 is 0 Å². The van der Waals surface area contributed by atoms with E-state index in [0.29, 0.717) is 0 Å². The van der Waals surface area contributed by atoms with Gasteiger partial charge in [0.05, 0.1) is 11.1 Å². The number of phenolic OH excluding ortho intramolecular Hbond substituents is 1. The molecule has 0 saturated heterocycles. The lowest BCUT2D eigenvalue weighted by Gasteiger charge is -2.09. The Morgan fingerprint density at radius 2 is 1.58 bits per heavy atom. The number of rotatable bonds is 6. The molecule has 2 aromatic rings. The van der Waals surface area contributed by atoms with Crippen molar-refractivity contribution in [2.24, 2.45) is 0 Å². The molecule has 0 aliphatic carbocycles. The van der Waals surface area contributed by atoms with Gasteiger partial charge in [0.1, 0.15) is 12.4 Å². The van der Waals surface area contributed by atoms with E-state index in [2.05, 4.69) is 0 Å². The highest BCUT2D eigenvalue weighted by molar-refractivity contribution is 6.13. The molecule has 0 radical (unpaired) electrons. The zero-order valence-electron chi connectivity index (χ0n) is 14.9. The maximum Gasteiger partial charge on any atom is 0.338 e. The minimum absolute atomic E-state index is 0.0945.